The van der Waals surface area contributed by atoms with Gasteiger partial charge in [-0.1, -0.05) is 49.4 Å². The number of nitrogens with zero attached hydrogens (tertiary/aromatic N) is 6. The van der Waals surface area contributed by atoms with Crippen LogP contribution in [0, 0.1) is 6.92 Å². The first-order valence-electron chi connectivity index (χ1n) is 11.8. The Bertz CT molecular complexity index is 1400. The van der Waals surface area contributed by atoms with Crippen molar-refractivity contribution in [3.63, 3.8) is 0 Å². The summed E-state index contributed by atoms with van der Waals surface area (Å²) in [7, 11) is 0.0906. The van der Waals surface area contributed by atoms with Crippen molar-refractivity contribution in [2.45, 2.75) is 39.3 Å². The molecule has 4 rings (SSSR count). The SMILES string of the molecule is COC(=O)Nc1cc(-n2cc(-c3nncn3COCC[Si](C)(C)C)c(-c3ccccc3Cl)n2)c(C)cn1. The fourth-order valence-corrected chi connectivity index (χ4v) is 4.58. The van der Waals surface area contributed by atoms with Gasteiger partial charge >= 0.3 is 6.09 Å². The minimum atomic E-state index is -1.21. The van der Waals surface area contributed by atoms with Gasteiger partial charge in [0.1, 0.15) is 24.6 Å². The maximum atomic E-state index is 11.7. The van der Waals surface area contributed by atoms with Crippen LogP contribution in [0.3, 0.4) is 0 Å². The third-order valence-corrected chi connectivity index (χ3v) is 7.70. The highest BCUT2D eigenvalue weighted by Crippen LogP contribution is 2.35. The normalized spacial score (nSPS) is 11.5. The Labute approximate surface area is 221 Å². The molecular weight excluding hydrogens is 510 g/mol. The van der Waals surface area contributed by atoms with Gasteiger partial charge in [-0.3, -0.25) is 9.88 Å². The standard InChI is InChI=1S/C25H30ClN7O3Si/c1-17-13-27-22(29-25(34)35-2)12-21(17)33-14-19(23(31-33)18-8-6-7-9-20(18)26)24-30-28-15-32(24)16-36-10-11-37(3,4)5/h6-9,12-15H,10-11,16H2,1-5H3,(H,27,29,34). The summed E-state index contributed by atoms with van der Waals surface area (Å²) in [6.07, 6.45) is 4.56. The zero-order valence-electron chi connectivity index (χ0n) is 21.5. The monoisotopic (exact) mass is 539 g/mol. The van der Waals surface area contributed by atoms with Gasteiger partial charge in [0.05, 0.1) is 23.4 Å². The first-order chi connectivity index (χ1) is 17.7. The Morgan fingerprint density at radius 3 is 2.70 bits per heavy atom. The van der Waals surface area contributed by atoms with Gasteiger partial charge < -0.3 is 9.47 Å². The van der Waals surface area contributed by atoms with Gasteiger partial charge in [0.15, 0.2) is 5.82 Å². The van der Waals surface area contributed by atoms with Gasteiger partial charge in [0.2, 0.25) is 0 Å². The predicted molar refractivity (Wildman–Crippen MR) is 146 cm³/mol. The third kappa shape index (κ3) is 6.42. The maximum absolute atomic E-state index is 11.7. The smallest absolute Gasteiger partial charge is 0.412 e. The van der Waals surface area contributed by atoms with Crippen molar-refractivity contribution in [1.29, 1.82) is 0 Å². The zero-order chi connectivity index (χ0) is 26.6. The van der Waals surface area contributed by atoms with Crippen LogP contribution in [-0.4, -0.2) is 57.4 Å². The topological polar surface area (TPSA) is 109 Å². The molecule has 4 aromatic rings. The van der Waals surface area contributed by atoms with Crippen LogP contribution in [0.4, 0.5) is 10.6 Å². The quantitative estimate of drug-likeness (QED) is 0.216. The molecule has 0 aliphatic heterocycles. The molecule has 0 aliphatic rings. The van der Waals surface area contributed by atoms with E-state index in [0.717, 1.165) is 28.4 Å². The molecule has 0 spiro atoms. The van der Waals surface area contributed by atoms with E-state index in [1.807, 2.05) is 42.0 Å². The van der Waals surface area contributed by atoms with E-state index in [2.05, 4.69) is 40.1 Å². The van der Waals surface area contributed by atoms with Crippen molar-refractivity contribution in [2.75, 3.05) is 19.0 Å². The fourth-order valence-electron chi connectivity index (χ4n) is 3.60. The molecule has 37 heavy (non-hydrogen) atoms. The molecule has 0 bridgehead atoms. The molecule has 3 aromatic heterocycles. The molecule has 0 unspecified atom stereocenters. The molecule has 0 radical (unpaired) electrons. The number of hydrogen-bond donors (Lipinski definition) is 1. The van der Waals surface area contributed by atoms with Gasteiger partial charge in [-0.2, -0.15) is 5.10 Å². The highest BCUT2D eigenvalue weighted by Gasteiger charge is 2.21. The van der Waals surface area contributed by atoms with Crippen molar-refractivity contribution in [3.8, 4) is 28.3 Å². The van der Waals surface area contributed by atoms with Crippen molar-refractivity contribution in [1.82, 2.24) is 29.5 Å². The van der Waals surface area contributed by atoms with Crippen molar-refractivity contribution in [2.24, 2.45) is 0 Å². The summed E-state index contributed by atoms with van der Waals surface area (Å²) >= 11 is 6.58. The van der Waals surface area contributed by atoms with E-state index in [-0.39, 0.29) is 0 Å². The van der Waals surface area contributed by atoms with Crippen LogP contribution in [0.2, 0.25) is 30.7 Å². The number of halogens is 1. The lowest BCUT2D eigenvalue weighted by Crippen LogP contribution is -2.22. The fraction of sp³-hybridized carbons (Fsp3) is 0.320. The van der Waals surface area contributed by atoms with Crippen LogP contribution < -0.4 is 5.32 Å². The highest BCUT2D eigenvalue weighted by atomic mass is 35.5. The number of methoxy groups -OCH3 is 1. The second kappa shape index (κ2) is 11.2. The largest absolute Gasteiger partial charge is 0.453 e. The second-order valence-electron chi connectivity index (χ2n) is 9.76. The molecule has 0 saturated heterocycles. The molecule has 0 atom stereocenters. The molecule has 194 valence electrons. The molecule has 0 fully saturated rings. The molecule has 10 nitrogen and oxygen atoms in total. The predicted octanol–water partition coefficient (Wildman–Crippen LogP) is 5.65. The maximum Gasteiger partial charge on any atom is 0.412 e. The zero-order valence-corrected chi connectivity index (χ0v) is 23.3. The molecule has 1 amide bonds. The Balaban J connectivity index is 1.75. The first kappa shape index (κ1) is 26.5. The van der Waals surface area contributed by atoms with Crippen LogP contribution in [0.1, 0.15) is 5.56 Å². The van der Waals surface area contributed by atoms with Gasteiger partial charge in [0, 0.05) is 38.7 Å². The van der Waals surface area contributed by atoms with Gasteiger partial charge in [-0.05, 0) is 24.6 Å². The van der Waals surface area contributed by atoms with Crippen molar-refractivity contribution >= 4 is 31.6 Å². The van der Waals surface area contributed by atoms with Crippen LogP contribution in [0.5, 0.6) is 0 Å². The van der Waals surface area contributed by atoms with Crippen LogP contribution in [0.15, 0.2) is 49.1 Å². The molecule has 1 N–H and O–H groups in total. The Kier molecular flexibility index (Phi) is 8.06. The molecule has 0 aliphatic carbocycles. The number of carbonyl (C=O) groups is 1. The number of hydrogen-bond acceptors (Lipinski definition) is 7. The summed E-state index contributed by atoms with van der Waals surface area (Å²) in [5.41, 5.74) is 3.70. The Morgan fingerprint density at radius 1 is 1.19 bits per heavy atom. The summed E-state index contributed by atoms with van der Waals surface area (Å²) in [5, 5.41) is 16.6. The number of rotatable bonds is 9. The number of amides is 1. The van der Waals surface area contributed by atoms with Gasteiger partial charge in [-0.15, -0.1) is 10.2 Å². The Hall–Kier alpha value is -3.54. The number of ether oxygens (including phenoxy) is 2. The Morgan fingerprint density at radius 2 is 1.97 bits per heavy atom. The summed E-state index contributed by atoms with van der Waals surface area (Å²) in [6.45, 7) is 9.86. The molecular formula is C25H30ClN7O3Si. The number of aromatic nitrogens is 6. The number of carbonyl (C=O) groups excluding carboxylic acids is 1. The minimum absolute atomic E-state index is 0.321. The van der Waals surface area contributed by atoms with Crippen LogP contribution in [0.25, 0.3) is 28.3 Å². The summed E-state index contributed by atoms with van der Waals surface area (Å²) < 4.78 is 14.2. The number of nitrogens with one attached hydrogen (secondary N) is 1. The summed E-state index contributed by atoms with van der Waals surface area (Å²) in [5.74, 6) is 0.941. The third-order valence-electron chi connectivity index (χ3n) is 5.66. The van der Waals surface area contributed by atoms with E-state index in [4.69, 9.17) is 26.2 Å². The summed E-state index contributed by atoms with van der Waals surface area (Å²) in [4.78, 5) is 16.0. The van der Waals surface area contributed by atoms with Crippen LogP contribution >= 0.6 is 11.6 Å². The molecule has 1 aromatic carbocycles. The number of pyridine rings is 1. The van der Waals surface area contributed by atoms with E-state index < -0.39 is 14.2 Å². The summed E-state index contributed by atoms with van der Waals surface area (Å²) in [6, 6.07) is 10.3. The van der Waals surface area contributed by atoms with Gasteiger partial charge in [-0.25, -0.2) is 14.5 Å². The van der Waals surface area contributed by atoms with Crippen molar-refractivity contribution < 1.29 is 14.3 Å². The van der Waals surface area contributed by atoms with Crippen molar-refractivity contribution in [3.05, 3.63) is 59.6 Å². The van der Waals surface area contributed by atoms with E-state index in [1.165, 1.54) is 7.11 Å². The van der Waals surface area contributed by atoms with Crippen LogP contribution in [-0.2, 0) is 16.2 Å². The lowest BCUT2D eigenvalue weighted by molar-refractivity contribution is 0.0880. The highest BCUT2D eigenvalue weighted by molar-refractivity contribution is 6.76. The second-order valence-corrected chi connectivity index (χ2v) is 15.8. The van der Waals surface area contributed by atoms with E-state index in [0.29, 0.717) is 35.7 Å². The van der Waals surface area contributed by atoms with E-state index in [9.17, 15) is 4.79 Å². The first-order valence-corrected chi connectivity index (χ1v) is 15.9. The number of benzene rings is 1. The van der Waals surface area contributed by atoms with Gasteiger partial charge in [0.25, 0.3) is 0 Å². The molecule has 0 saturated carbocycles. The number of anilines is 1. The average Bonchev–Trinajstić information content (AvgIpc) is 3.49. The average molecular weight is 540 g/mol. The lowest BCUT2D eigenvalue weighted by atomic mass is 10.1. The van der Waals surface area contributed by atoms with E-state index in [1.54, 1.807) is 23.3 Å². The lowest BCUT2D eigenvalue weighted by Gasteiger charge is -2.15. The molecule has 12 heteroatoms. The van der Waals surface area contributed by atoms with E-state index >= 15 is 0 Å². The molecule has 3 heterocycles. The minimum Gasteiger partial charge on any atom is -0.453 e. The number of aryl methyl sites for hydroxylation is 1.